The van der Waals surface area contributed by atoms with E-state index in [9.17, 15) is 4.79 Å². The Balaban J connectivity index is 1.49. The Labute approximate surface area is 158 Å². The number of benzene rings is 1. The molecule has 3 heterocycles. The van der Waals surface area contributed by atoms with Gasteiger partial charge < -0.3 is 10.2 Å². The number of fused-ring (bicyclic) bond motifs is 1. The van der Waals surface area contributed by atoms with E-state index in [4.69, 9.17) is 0 Å². The maximum Gasteiger partial charge on any atom is 0.242 e. The van der Waals surface area contributed by atoms with Gasteiger partial charge in [-0.1, -0.05) is 29.8 Å². The fourth-order valence-electron chi connectivity index (χ4n) is 3.54. The monoisotopic (exact) mass is 364 g/mol. The van der Waals surface area contributed by atoms with Crippen LogP contribution in [0.2, 0.25) is 0 Å². The van der Waals surface area contributed by atoms with Gasteiger partial charge in [-0.2, -0.15) is 5.10 Å². The number of nitrogens with zero attached hydrogens (tertiary/aromatic N) is 5. The summed E-state index contributed by atoms with van der Waals surface area (Å²) in [5.41, 5.74) is 2.98. The van der Waals surface area contributed by atoms with E-state index in [1.54, 1.807) is 17.2 Å². The van der Waals surface area contributed by atoms with Crippen molar-refractivity contribution in [2.45, 2.75) is 39.3 Å². The normalized spacial score (nSPS) is 15.3. The van der Waals surface area contributed by atoms with E-state index in [2.05, 4.69) is 37.4 Å². The van der Waals surface area contributed by atoms with Gasteiger partial charge in [0, 0.05) is 13.1 Å². The second kappa shape index (κ2) is 7.34. The van der Waals surface area contributed by atoms with Gasteiger partial charge in [-0.3, -0.25) is 4.79 Å². The smallest absolute Gasteiger partial charge is 0.242 e. The number of aryl methyl sites for hydroxylation is 1. The minimum Gasteiger partial charge on any atom is -0.356 e. The van der Waals surface area contributed by atoms with Gasteiger partial charge in [0.25, 0.3) is 0 Å². The lowest BCUT2D eigenvalue weighted by Crippen LogP contribution is -2.30. The maximum absolute atomic E-state index is 12.5. The molecule has 7 nitrogen and oxygen atoms in total. The first-order chi connectivity index (χ1) is 13.1. The van der Waals surface area contributed by atoms with Gasteiger partial charge in [0.2, 0.25) is 5.91 Å². The van der Waals surface area contributed by atoms with Crippen molar-refractivity contribution in [1.82, 2.24) is 25.1 Å². The van der Waals surface area contributed by atoms with Crippen LogP contribution in [0.1, 0.15) is 36.9 Å². The molecule has 2 aromatic heterocycles. The summed E-state index contributed by atoms with van der Waals surface area (Å²) in [5, 5.41) is 8.32. The third kappa shape index (κ3) is 3.63. The van der Waals surface area contributed by atoms with E-state index in [1.165, 1.54) is 18.4 Å². The molecule has 0 radical (unpaired) electrons. The molecule has 140 valence electrons. The highest BCUT2D eigenvalue weighted by atomic mass is 16.2. The molecule has 0 bridgehead atoms. The quantitative estimate of drug-likeness (QED) is 0.753. The Bertz CT molecular complexity index is 943. The first kappa shape index (κ1) is 17.5. The zero-order valence-electron chi connectivity index (χ0n) is 15.7. The summed E-state index contributed by atoms with van der Waals surface area (Å²) in [4.78, 5) is 23.6. The second-order valence-corrected chi connectivity index (χ2v) is 7.13. The van der Waals surface area contributed by atoms with E-state index in [1.807, 2.05) is 26.0 Å². The van der Waals surface area contributed by atoms with Gasteiger partial charge in [0.05, 0.1) is 17.6 Å². The summed E-state index contributed by atoms with van der Waals surface area (Å²) in [6.45, 7) is 6.18. The van der Waals surface area contributed by atoms with E-state index < -0.39 is 0 Å². The Kier molecular flexibility index (Phi) is 4.75. The van der Waals surface area contributed by atoms with Gasteiger partial charge in [0.15, 0.2) is 5.65 Å². The molecule has 0 saturated carbocycles. The van der Waals surface area contributed by atoms with Crippen LogP contribution in [0.4, 0.5) is 5.82 Å². The Hall–Kier alpha value is -2.96. The molecule has 4 rings (SSSR count). The number of anilines is 1. The van der Waals surface area contributed by atoms with Crippen molar-refractivity contribution < 1.29 is 4.79 Å². The molecule has 1 fully saturated rings. The summed E-state index contributed by atoms with van der Waals surface area (Å²) >= 11 is 0. The highest BCUT2D eigenvalue weighted by Gasteiger charge is 2.19. The van der Waals surface area contributed by atoms with Crippen LogP contribution < -0.4 is 10.2 Å². The van der Waals surface area contributed by atoms with E-state index in [0.717, 1.165) is 29.9 Å². The van der Waals surface area contributed by atoms with Crippen molar-refractivity contribution in [3.63, 3.8) is 0 Å². The summed E-state index contributed by atoms with van der Waals surface area (Å²) < 4.78 is 1.65. The first-order valence-corrected chi connectivity index (χ1v) is 9.39. The van der Waals surface area contributed by atoms with E-state index in [0.29, 0.717) is 5.65 Å². The number of hydrogen-bond acceptors (Lipinski definition) is 5. The molecular formula is C20H24N6O. The predicted molar refractivity (Wildman–Crippen MR) is 105 cm³/mol. The number of carbonyl (C=O) groups is 1. The predicted octanol–water partition coefficient (Wildman–Crippen LogP) is 2.61. The molecule has 0 spiro atoms. The molecule has 0 aliphatic carbocycles. The average molecular weight is 364 g/mol. The first-order valence-electron chi connectivity index (χ1n) is 9.39. The molecule has 3 aromatic rings. The summed E-state index contributed by atoms with van der Waals surface area (Å²) in [6, 6.07) is 8.12. The number of amides is 1. The molecule has 1 aliphatic heterocycles. The summed E-state index contributed by atoms with van der Waals surface area (Å²) in [6.07, 6.45) is 5.68. The van der Waals surface area contributed by atoms with Crippen LogP contribution >= 0.6 is 0 Å². The Morgan fingerprint density at radius 2 is 1.93 bits per heavy atom. The van der Waals surface area contributed by atoms with Crippen molar-refractivity contribution in [2.75, 3.05) is 18.0 Å². The van der Waals surface area contributed by atoms with Crippen molar-refractivity contribution in [1.29, 1.82) is 0 Å². The van der Waals surface area contributed by atoms with Crippen LogP contribution in [-0.2, 0) is 11.3 Å². The lowest BCUT2D eigenvalue weighted by molar-refractivity contribution is -0.122. The van der Waals surface area contributed by atoms with Gasteiger partial charge in [0.1, 0.15) is 18.7 Å². The SMILES string of the molecule is Cc1ccc(C(C)NC(=O)Cn2ncc3c(N4CCCC4)ncnc32)cc1. The van der Waals surface area contributed by atoms with Crippen molar-refractivity contribution in [3.05, 3.63) is 47.9 Å². The molecule has 1 N–H and O–H groups in total. The highest BCUT2D eigenvalue weighted by molar-refractivity contribution is 5.88. The Morgan fingerprint density at radius 1 is 1.19 bits per heavy atom. The fourth-order valence-corrected chi connectivity index (χ4v) is 3.54. The minimum atomic E-state index is -0.0885. The minimum absolute atomic E-state index is 0.0605. The largest absolute Gasteiger partial charge is 0.356 e. The molecule has 1 aliphatic rings. The lowest BCUT2D eigenvalue weighted by Gasteiger charge is -2.16. The van der Waals surface area contributed by atoms with Crippen molar-refractivity contribution >= 4 is 22.8 Å². The number of nitrogens with one attached hydrogen (secondary N) is 1. The lowest BCUT2D eigenvalue weighted by atomic mass is 10.1. The number of aromatic nitrogens is 4. The van der Waals surface area contributed by atoms with E-state index in [-0.39, 0.29) is 18.5 Å². The molecule has 1 aromatic carbocycles. The molecule has 7 heteroatoms. The molecule has 1 unspecified atom stereocenters. The third-order valence-electron chi connectivity index (χ3n) is 5.07. The molecule has 1 atom stereocenters. The van der Waals surface area contributed by atoms with E-state index >= 15 is 0 Å². The van der Waals surface area contributed by atoms with Crippen LogP contribution in [0, 0.1) is 6.92 Å². The van der Waals surface area contributed by atoms with Crippen molar-refractivity contribution in [2.24, 2.45) is 0 Å². The maximum atomic E-state index is 12.5. The molecule has 1 amide bonds. The average Bonchev–Trinajstić information content (AvgIpc) is 3.32. The third-order valence-corrected chi connectivity index (χ3v) is 5.07. The Morgan fingerprint density at radius 3 is 2.67 bits per heavy atom. The van der Waals surface area contributed by atoms with Gasteiger partial charge in [-0.15, -0.1) is 0 Å². The van der Waals surface area contributed by atoms with Crippen molar-refractivity contribution in [3.8, 4) is 0 Å². The van der Waals surface area contributed by atoms with Crippen LogP contribution in [0.3, 0.4) is 0 Å². The molecular weight excluding hydrogens is 340 g/mol. The van der Waals surface area contributed by atoms with Crippen LogP contribution in [0.25, 0.3) is 11.0 Å². The zero-order chi connectivity index (χ0) is 18.8. The molecule has 27 heavy (non-hydrogen) atoms. The number of rotatable bonds is 5. The van der Waals surface area contributed by atoms with Crippen LogP contribution in [0.15, 0.2) is 36.8 Å². The topological polar surface area (TPSA) is 75.9 Å². The molecule has 1 saturated heterocycles. The summed E-state index contributed by atoms with van der Waals surface area (Å²) in [7, 11) is 0. The highest BCUT2D eigenvalue weighted by Crippen LogP contribution is 2.25. The zero-order valence-corrected chi connectivity index (χ0v) is 15.7. The summed E-state index contributed by atoms with van der Waals surface area (Å²) in [5.74, 6) is 0.826. The fraction of sp³-hybridized carbons (Fsp3) is 0.400. The van der Waals surface area contributed by atoms with Gasteiger partial charge in [-0.25, -0.2) is 14.6 Å². The van der Waals surface area contributed by atoms with Gasteiger partial charge in [-0.05, 0) is 32.3 Å². The van der Waals surface area contributed by atoms with Crippen LogP contribution in [0.5, 0.6) is 0 Å². The van der Waals surface area contributed by atoms with Crippen LogP contribution in [-0.4, -0.2) is 38.7 Å². The number of carbonyl (C=O) groups excluding carboxylic acids is 1. The van der Waals surface area contributed by atoms with Gasteiger partial charge >= 0.3 is 0 Å². The number of hydrogen-bond donors (Lipinski definition) is 1. The standard InChI is InChI=1S/C20H24N6O/c1-14-5-7-16(8-6-14)15(2)24-18(27)12-26-20-17(11-23-26)19(21-13-22-20)25-9-3-4-10-25/h5-8,11,13,15H,3-4,9-10,12H2,1-2H3,(H,24,27). The second-order valence-electron chi connectivity index (χ2n) is 7.13.